The molecule has 0 saturated heterocycles. The fourth-order valence-corrected chi connectivity index (χ4v) is 3.16. The molecular formula is C16H15FN4OS. The first kappa shape index (κ1) is 15.4. The minimum Gasteiger partial charge on any atom is -0.375 e. The summed E-state index contributed by atoms with van der Waals surface area (Å²) in [5.74, 6) is -0.577. The lowest BCUT2D eigenvalue weighted by Crippen LogP contribution is -2.20. The second-order valence-corrected chi connectivity index (χ2v) is 6.38. The highest BCUT2D eigenvalue weighted by Crippen LogP contribution is 2.37. The predicted octanol–water partition coefficient (Wildman–Crippen LogP) is 3.34. The molecule has 0 aliphatic heterocycles. The van der Waals surface area contributed by atoms with Crippen LogP contribution < -0.4 is 11.3 Å². The third kappa shape index (κ3) is 3.00. The van der Waals surface area contributed by atoms with E-state index >= 15 is 0 Å². The van der Waals surface area contributed by atoms with Crippen LogP contribution in [0, 0.1) is 5.95 Å². The Bertz CT molecular complexity index is 916. The maximum Gasteiger partial charge on any atom is 0.250 e. The Labute approximate surface area is 136 Å². The SMILES string of the molecule is CC(C)n1cc(-c2sc(N)nc2-c2ccnc(F)c2)ccc1=O. The van der Waals surface area contributed by atoms with Crippen LogP contribution >= 0.6 is 11.3 Å². The van der Waals surface area contributed by atoms with E-state index in [0.29, 0.717) is 16.4 Å². The van der Waals surface area contributed by atoms with E-state index in [2.05, 4.69) is 9.97 Å². The lowest BCUT2D eigenvalue weighted by Gasteiger charge is -2.11. The molecule has 3 aromatic heterocycles. The van der Waals surface area contributed by atoms with Gasteiger partial charge >= 0.3 is 0 Å². The first-order chi connectivity index (χ1) is 11.0. The topological polar surface area (TPSA) is 73.8 Å². The lowest BCUT2D eigenvalue weighted by molar-refractivity contribution is 0.579. The Morgan fingerprint density at radius 2 is 2.04 bits per heavy atom. The third-order valence-electron chi connectivity index (χ3n) is 3.40. The molecule has 0 aliphatic carbocycles. The van der Waals surface area contributed by atoms with Gasteiger partial charge in [-0.1, -0.05) is 11.3 Å². The van der Waals surface area contributed by atoms with Crippen molar-refractivity contribution in [2.45, 2.75) is 19.9 Å². The number of aromatic nitrogens is 3. The first-order valence-corrected chi connectivity index (χ1v) is 7.88. The van der Waals surface area contributed by atoms with Crippen molar-refractivity contribution in [3.8, 4) is 21.7 Å². The quantitative estimate of drug-likeness (QED) is 0.748. The number of nitrogens with two attached hydrogens (primary N) is 1. The molecule has 23 heavy (non-hydrogen) atoms. The van der Waals surface area contributed by atoms with Crippen LogP contribution in [-0.2, 0) is 0 Å². The van der Waals surface area contributed by atoms with Gasteiger partial charge in [0.15, 0.2) is 5.13 Å². The second-order valence-electron chi connectivity index (χ2n) is 5.35. The van der Waals surface area contributed by atoms with Crippen molar-refractivity contribution in [2.24, 2.45) is 0 Å². The summed E-state index contributed by atoms with van der Waals surface area (Å²) in [7, 11) is 0. The van der Waals surface area contributed by atoms with Crippen molar-refractivity contribution >= 4 is 16.5 Å². The first-order valence-electron chi connectivity index (χ1n) is 7.06. The van der Waals surface area contributed by atoms with E-state index in [4.69, 9.17) is 5.73 Å². The van der Waals surface area contributed by atoms with Gasteiger partial charge in [0.05, 0.1) is 10.6 Å². The molecule has 0 aromatic carbocycles. The lowest BCUT2D eigenvalue weighted by atomic mass is 10.1. The van der Waals surface area contributed by atoms with Crippen LogP contribution in [0.15, 0.2) is 41.5 Å². The zero-order valence-electron chi connectivity index (χ0n) is 12.7. The maximum absolute atomic E-state index is 13.4. The molecule has 0 atom stereocenters. The van der Waals surface area contributed by atoms with Crippen LogP contribution in [0.4, 0.5) is 9.52 Å². The maximum atomic E-state index is 13.4. The number of nitrogen functional groups attached to an aromatic ring is 1. The van der Waals surface area contributed by atoms with Gasteiger partial charge in [0.25, 0.3) is 5.56 Å². The number of thiazole rings is 1. The van der Waals surface area contributed by atoms with Crippen LogP contribution in [0.3, 0.4) is 0 Å². The fourth-order valence-electron chi connectivity index (χ4n) is 2.32. The van der Waals surface area contributed by atoms with Gasteiger partial charge in [-0.25, -0.2) is 9.97 Å². The van der Waals surface area contributed by atoms with Crippen molar-refractivity contribution in [1.29, 1.82) is 0 Å². The van der Waals surface area contributed by atoms with Gasteiger partial charge in [0, 0.05) is 41.7 Å². The Morgan fingerprint density at radius 3 is 2.74 bits per heavy atom. The number of hydrogen-bond acceptors (Lipinski definition) is 5. The molecule has 0 bridgehead atoms. The molecule has 0 fully saturated rings. The molecule has 0 saturated carbocycles. The highest BCUT2D eigenvalue weighted by molar-refractivity contribution is 7.19. The predicted molar refractivity (Wildman–Crippen MR) is 89.8 cm³/mol. The minimum atomic E-state index is -0.577. The molecular weight excluding hydrogens is 315 g/mol. The van der Waals surface area contributed by atoms with Crippen molar-refractivity contribution in [3.05, 3.63) is 53.0 Å². The summed E-state index contributed by atoms with van der Waals surface area (Å²) in [5.41, 5.74) is 7.78. The zero-order chi connectivity index (χ0) is 16.6. The van der Waals surface area contributed by atoms with Crippen molar-refractivity contribution in [3.63, 3.8) is 0 Å². The smallest absolute Gasteiger partial charge is 0.250 e. The molecule has 5 nitrogen and oxygen atoms in total. The summed E-state index contributed by atoms with van der Waals surface area (Å²) in [6, 6.07) is 6.28. The number of rotatable bonds is 3. The van der Waals surface area contributed by atoms with E-state index in [1.807, 2.05) is 13.8 Å². The van der Waals surface area contributed by atoms with E-state index in [9.17, 15) is 9.18 Å². The molecule has 0 aliphatic rings. The number of halogens is 1. The standard InChI is InChI=1S/C16H15FN4OS/c1-9(2)21-8-11(3-4-13(21)22)15-14(20-16(18)23-15)10-5-6-19-12(17)7-10/h3-9H,1-2H3,(H2,18,20). The molecule has 118 valence electrons. The van der Waals surface area contributed by atoms with Crippen LogP contribution in [0.25, 0.3) is 21.7 Å². The average Bonchev–Trinajstić information content (AvgIpc) is 2.89. The molecule has 2 N–H and O–H groups in total. The van der Waals surface area contributed by atoms with Gasteiger partial charge in [-0.2, -0.15) is 4.39 Å². The van der Waals surface area contributed by atoms with Gasteiger partial charge in [-0.3, -0.25) is 4.79 Å². The van der Waals surface area contributed by atoms with Crippen molar-refractivity contribution in [2.75, 3.05) is 5.73 Å². The minimum absolute atomic E-state index is 0.0366. The van der Waals surface area contributed by atoms with Gasteiger partial charge < -0.3 is 10.3 Å². The van der Waals surface area contributed by atoms with Crippen LogP contribution in [0.2, 0.25) is 0 Å². The zero-order valence-corrected chi connectivity index (χ0v) is 13.5. The molecule has 0 radical (unpaired) electrons. The van der Waals surface area contributed by atoms with Crippen LogP contribution in [-0.4, -0.2) is 14.5 Å². The summed E-state index contributed by atoms with van der Waals surface area (Å²) < 4.78 is 15.0. The molecule has 0 amide bonds. The summed E-state index contributed by atoms with van der Waals surface area (Å²) in [6.07, 6.45) is 3.17. The second kappa shape index (κ2) is 5.92. The molecule has 3 heterocycles. The van der Waals surface area contributed by atoms with E-state index in [1.54, 1.807) is 22.9 Å². The highest BCUT2D eigenvalue weighted by atomic mass is 32.1. The monoisotopic (exact) mass is 330 g/mol. The number of pyridine rings is 2. The van der Waals surface area contributed by atoms with Crippen LogP contribution in [0.1, 0.15) is 19.9 Å². The van der Waals surface area contributed by atoms with Crippen LogP contribution in [0.5, 0.6) is 0 Å². The van der Waals surface area contributed by atoms with E-state index in [1.165, 1.54) is 29.7 Å². The molecule has 7 heteroatoms. The molecule has 0 unspecified atom stereocenters. The van der Waals surface area contributed by atoms with Crippen molar-refractivity contribution in [1.82, 2.24) is 14.5 Å². The molecule has 3 aromatic rings. The number of nitrogens with zero attached hydrogens (tertiary/aromatic N) is 3. The molecule has 0 spiro atoms. The van der Waals surface area contributed by atoms with E-state index < -0.39 is 5.95 Å². The van der Waals surface area contributed by atoms with Gasteiger partial charge in [0.2, 0.25) is 5.95 Å². The Hall–Kier alpha value is -2.54. The average molecular weight is 330 g/mol. The fraction of sp³-hybridized carbons (Fsp3) is 0.188. The summed E-state index contributed by atoms with van der Waals surface area (Å²) in [5, 5.41) is 0.384. The number of hydrogen-bond donors (Lipinski definition) is 1. The van der Waals surface area contributed by atoms with Gasteiger partial charge in [0.1, 0.15) is 0 Å². The molecule has 3 rings (SSSR count). The van der Waals surface area contributed by atoms with Gasteiger partial charge in [-0.15, -0.1) is 0 Å². The normalized spacial score (nSPS) is 11.1. The van der Waals surface area contributed by atoms with Gasteiger partial charge in [-0.05, 0) is 26.0 Å². The largest absolute Gasteiger partial charge is 0.375 e. The summed E-state index contributed by atoms with van der Waals surface area (Å²) in [4.78, 5) is 20.6. The Kier molecular flexibility index (Phi) is 3.96. The number of anilines is 1. The van der Waals surface area contributed by atoms with Crippen molar-refractivity contribution < 1.29 is 4.39 Å². The van der Waals surface area contributed by atoms with E-state index in [-0.39, 0.29) is 11.6 Å². The Balaban J connectivity index is 2.18. The van der Waals surface area contributed by atoms with E-state index in [0.717, 1.165) is 10.4 Å². The highest BCUT2D eigenvalue weighted by Gasteiger charge is 2.16. The summed E-state index contributed by atoms with van der Waals surface area (Å²) in [6.45, 7) is 3.87. The summed E-state index contributed by atoms with van der Waals surface area (Å²) >= 11 is 1.30. The third-order valence-corrected chi connectivity index (χ3v) is 4.33. The Morgan fingerprint density at radius 1 is 1.26 bits per heavy atom.